The predicted octanol–water partition coefficient (Wildman–Crippen LogP) is 5.63. The van der Waals surface area contributed by atoms with Crippen molar-refractivity contribution in [2.24, 2.45) is 0 Å². The van der Waals surface area contributed by atoms with E-state index in [0.29, 0.717) is 23.6 Å². The average Bonchev–Trinajstić information content (AvgIpc) is 3.73. The Morgan fingerprint density at radius 1 is 1.21 bits per heavy atom. The summed E-state index contributed by atoms with van der Waals surface area (Å²) in [5, 5.41) is 2.62. The number of allylic oxidation sites excluding steroid dienone is 1. The Bertz CT molecular complexity index is 1340. The monoisotopic (exact) mass is 525 g/mol. The lowest BCUT2D eigenvalue weighted by Crippen LogP contribution is -2.25. The maximum absolute atomic E-state index is 14.7. The predicted molar refractivity (Wildman–Crippen MR) is 141 cm³/mol. The van der Waals surface area contributed by atoms with Crippen LogP contribution in [0.4, 0.5) is 24.7 Å². The number of carbonyl (C=O) groups excluding carboxylic acids is 1. The van der Waals surface area contributed by atoms with Crippen molar-refractivity contribution < 1.29 is 22.7 Å². The Labute approximate surface area is 219 Å². The number of ether oxygens (including phenoxy) is 1. The SMILES string of the molecule is CC=CN(CCF)CCOc1c(N)ncnc1-c1cc(F)cc(NC(=O)c2ccc(C3CC3)cc2F)c1C. The summed E-state index contributed by atoms with van der Waals surface area (Å²) in [6, 6.07) is 6.99. The number of nitrogens with zero attached hydrogens (tertiary/aromatic N) is 3. The molecule has 1 heterocycles. The number of hydrogen-bond acceptors (Lipinski definition) is 6. The Balaban J connectivity index is 1.59. The zero-order valence-corrected chi connectivity index (χ0v) is 21.3. The highest BCUT2D eigenvalue weighted by atomic mass is 19.1. The lowest BCUT2D eigenvalue weighted by molar-refractivity contribution is 0.102. The molecule has 0 atom stereocenters. The lowest BCUT2D eigenvalue weighted by atomic mass is 10.0. The van der Waals surface area contributed by atoms with Gasteiger partial charge < -0.3 is 20.7 Å². The highest BCUT2D eigenvalue weighted by molar-refractivity contribution is 6.05. The van der Waals surface area contributed by atoms with Crippen molar-refractivity contribution in [2.45, 2.75) is 32.6 Å². The fraction of sp³-hybridized carbons (Fsp3) is 0.321. The standard InChI is InChI=1S/C28H30F3N5O2/c1-3-9-36(10-8-29)11-12-38-26-25(33-16-34-27(26)32)22-14-20(30)15-24(17(22)2)35-28(37)21-7-6-19(13-23(21)31)18-4-5-18/h3,6-7,9,13-16,18H,4-5,8,10-12H2,1-2H3,(H,35,37)(H2,32,33,34). The molecule has 1 amide bonds. The molecule has 2 aromatic carbocycles. The smallest absolute Gasteiger partial charge is 0.258 e. The fourth-order valence-electron chi connectivity index (χ4n) is 4.20. The average molecular weight is 526 g/mol. The second-order valence-electron chi connectivity index (χ2n) is 9.09. The van der Waals surface area contributed by atoms with Gasteiger partial charge >= 0.3 is 0 Å². The van der Waals surface area contributed by atoms with Gasteiger partial charge in [-0.3, -0.25) is 4.79 Å². The maximum Gasteiger partial charge on any atom is 0.258 e. The molecule has 1 aliphatic carbocycles. The number of anilines is 2. The number of rotatable bonds is 11. The number of nitrogens with one attached hydrogen (secondary N) is 1. The fourth-order valence-corrected chi connectivity index (χ4v) is 4.20. The summed E-state index contributed by atoms with van der Waals surface area (Å²) in [6.07, 6.45) is 6.80. The van der Waals surface area contributed by atoms with Crippen molar-refractivity contribution in [3.8, 4) is 17.0 Å². The number of nitrogen functional groups attached to an aromatic ring is 1. The molecule has 1 aromatic heterocycles. The Hall–Kier alpha value is -4.08. The largest absolute Gasteiger partial charge is 0.486 e. The van der Waals surface area contributed by atoms with Gasteiger partial charge in [0.15, 0.2) is 11.6 Å². The van der Waals surface area contributed by atoms with Crippen LogP contribution in [-0.4, -0.2) is 47.1 Å². The van der Waals surface area contributed by atoms with Crippen molar-refractivity contribution in [1.29, 1.82) is 0 Å². The summed E-state index contributed by atoms with van der Waals surface area (Å²) in [5.74, 6) is -1.43. The zero-order chi connectivity index (χ0) is 27.2. The van der Waals surface area contributed by atoms with E-state index in [1.165, 1.54) is 24.5 Å². The molecule has 200 valence electrons. The molecule has 3 N–H and O–H groups in total. The second-order valence-corrected chi connectivity index (χ2v) is 9.09. The molecule has 0 bridgehead atoms. The normalized spacial score (nSPS) is 13.1. The first-order valence-corrected chi connectivity index (χ1v) is 12.4. The first-order valence-electron chi connectivity index (χ1n) is 12.4. The number of hydrogen-bond donors (Lipinski definition) is 2. The van der Waals surface area contributed by atoms with E-state index in [-0.39, 0.29) is 41.7 Å². The third-order valence-corrected chi connectivity index (χ3v) is 6.35. The van der Waals surface area contributed by atoms with Crippen LogP contribution in [0.2, 0.25) is 0 Å². The summed E-state index contributed by atoms with van der Waals surface area (Å²) in [4.78, 5) is 22.9. The third kappa shape index (κ3) is 6.24. The van der Waals surface area contributed by atoms with Gasteiger partial charge in [-0.2, -0.15) is 0 Å². The lowest BCUT2D eigenvalue weighted by Gasteiger charge is -2.20. The molecule has 0 saturated heterocycles. The summed E-state index contributed by atoms with van der Waals surface area (Å²) in [7, 11) is 0. The van der Waals surface area contributed by atoms with E-state index in [4.69, 9.17) is 10.5 Å². The maximum atomic E-state index is 14.7. The van der Waals surface area contributed by atoms with E-state index in [1.54, 1.807) is 30.2 Å². The van der Waals surface area contributed by atoms with Gasteiger partial charge in [0.2, 0.25) is 0 Å². The number of nitrogens with two attached hydrogens (primary N) is 1. The minimum Gasteiger partial charge on any atom is -0.486 e. The minimum atomic E-state index is -0.694. The topological polar surface area (TPSA) is 93.4 Å². The van der Waals surface area contributed by atoms with E-state index in [9.17, 15) is 18.0 Å². The molecule has 0 aliphatic heterocycles. The molecule has 38 heavy (non-hydrogen) atoms. The van der Waals surface area contributed by atoms with E-state index in [1.807, 2.05) is 6.92 Å². The summed E-state index contributed by atoms with van der Waals surface area (Å²) < 4.78 is 48.1. The van der Waals surface area contributed by atoms with Crippen LogP contribution in [0, 0.1) is 18.6 Å². The Kier molecular flexibility index (Phi) is 8.50. The summed E-state index contributed by atoms with van der Waals surface area (Å²) in [5.41, 5.74) is 7.98. The van der Waals surface area contributed by atoms with Gasteiger partial charge in [0.05, 0.1) is 12.1 Å². The molecule has 1 fully saturated rings. The highest BCUT2D eigenvalue weighted by Gasteiger charge is 2.25. The van der Waals surface area contributed by atoms with Crippen molar-refractivity contribution in [2.75, 3.05) is 37.4 Å². The number of halogens is 3. The van der Waals surface area contributed by atoms with Crippen molar-refractivity contribution in [3.05, 3.63) is 77.3 Å². The van der Waals surface area contributed by atoms with E-state index in [0.717, 1.165) is 24.5 Å². The molecule has 3 aromatic rings. The second kappa shape index (κ2) is 12.0. The number of benzene rings is 2. The van der Waals surface area contributed by atoms with Crippen LogP contribution >= 0.6 is 0 Å². The Morgan fingerprint density at radius 3 is 2.68 bits per heavy atom. The van der Waals surface area contributed by atoms with Crippen LogP contribution < -0.4 is 15.8 Å². The molecular formula is C28H30F3N5O2. The molecule has 1 saturated carbocycles. The molecule has 0 spiro atoms. The quantitative estimate of drug-likeness (QED) is 0.337. The van der Waals surface area contributed by atoms with Gasteiger partial charge in [0, 0.05) is 17.8 Å². The van der Waals surface area contributed by atoms with Crippen LogP contribution in [0.5, 0.6) is 5.75 Å². The minimum absolute atomic E-state index is 0.0464. The molecular weight excluding hydrogens is 495 g/mol. The van der Waals surface area contributed by atoms with Crippen LogP contribution in [0.1, 0.15) is 47.2 Å². The Morgan fingerprint density at radius 2 is 2.00 bits per heavy atom. The molecule has 7 nitrogen and oxygen atoms in total. The number of amides is 1. The molecule has 0 radical (unpaired) electrons. The first kappa shape index (κ1) is 27.0. The van der Waals surface area contributed by atoms with Gasteiger partial charge in [0.25, 0.3) is 5.91 Å². The third-order valence-electron chi connectivity index (χ3n) is 6.35. The van der Waals surface area contributed by atoms with Crippen LogP contribution in [0.3, 0.4) is 0 Å². The number of aromatic nitrogens is 2. The van der Waals surface area contributed by atoms with Crippen LogP contribution in [-0.2, 0) is 0 Å². The molecule has 4 rings (SSSR count). The van der Waals surface area contributed by atoms with Crippen LogP contribution in [0.25, 0.3) is 11.3 Å². The number of carbonyl (C=O) groups is 1. The van der Waals surface area contributed by atoms with Gasteiger partial charge in [-0.05, 0) is 74.2 Å². The molecule has 10 heteroatoms. The summed E-state index contributed by atoms with van der Waals surface area (Å²) >= 11 is 0. The highest BCUT2D eigenvalue weighted by Crippen LogP contribution is 2.40. The first-order chi connectivity index (χ1) is 18.3. The van der Waals surface area contributed by atoms with Gasteiger partial charge in [-0.25, -0.2) is 23.1 Å². The van der Waals surface area contributed by atoms with Crippen LogP contribution in [0.15, 0.2) is 48.9 Å². The number of alkyl halides is 1. The van der Waals surface area contributed by atoms with E-state index in [2.05, 4.69) is 15.3 Å². The van der Waals surface area contributed by atoms with Crippen molar-refractivity contribution in [1.82, 2.24) is 14.9 Å². The van der Waals surface area contributed by atoms with E-state index >= 15 is 0 Å². The van der Waals surface area contributed by atoms with Crippen molar-refractivity contribution >= 4 is 17.4 Å². The zero-order valence-electron chi connectivity index (χ0n) is 21.3. The molecule has 1 aliphatic rings. The van der Waals surface area contributed by atoms with Gasteiger partial charge in [-0.15, -0.1) is 0 Å². The van der Waals surface area contributed by atoms with Gasteiger partial charge in [-0.1, -0.05) is 12.1 Å². The van der Waals surface area contributed by atoms with Crippen molar-refractivity contribution in [3.63, 3.8) is 0 Å². The summed E-state index contributed by atoms with van der Waals surface area (Å²) in [6.45, 7) is 3.70. The van der Waals surface area contributed by atoms with Gasteiger partial charge in [0.1, 0.15) is 36.9 Å². The molecule has 0 unspecified atom stereocenters. The van der Waals surface area contributed by atoms with E-state index < -0.39 is 24.2 Å².